The van der Waals surface area contributed by atoms with Crippen molar-refractivity contribution in [1.29, 1.82) is 0 Å². The van der Waals surface area contributed by atoms with Gasteiger partial charge in [-0.15, -0.1) is 11.3 Å². The maximum absolute atomic E-state index is 13.7. The fraction of sp³-hybridized carbons (Fsp3) is 0.520. The summed E-state index contributed by atoms with van der Waals surface area (Å²) in [6.45, 7) is 2.43. The number of thiazole rings is 1. The molecule has 33 heavy (non-hydrogen) atoms. The molecule has 4 rings (SSSR count). The van der Waals surface area contributed by atoms with E-state index in [0.29, 0.717) is 24.2 Å². The summed E-state index contributed by atoms with van der Waals surface area (Å²) in [6.07, 6.45) is 7.29. The average molecular weight is 470 g/mol. The lowest BCUT2D eigenvalue weighted by molar-refractivity contribution is -0.139. The number of nitrogens with zero attached hydrogens (tertiary/aromatic N) is 2. The van der Waals surface area contributed by atoms with Crippen LogP contribution in [0.1, 0.15) is 85.4 Å². The number of hydrogen-bond acceptors (Lipinski definition) is 6. The normalized spacial score (nSPS) is 19.9. The molecule has 1 unspecified atom stereocenters. The minimum Gasteiger partial charge on any atom is -0.508 e. The smallest absolute Gasteiger partial charge is 0.246 e. The van der Waals surface area contributed by atoms with Crippen LogP contribution in [0.3, 0.4) is 0 Å². The lowest BCUT2D eigenvalue weighted by Crippen LogP contribution is -2.52. The van der Waals surface area contributed by atoms with Crippen molar-refractivity contribution in [3.05, 3.63) is 45.9 Å². The molecule has 7 nitrogen and oxygen atoms in total. The topological polar surface area (TPSA) is 99.6 Å². The van der Waals surface area contributed by atoms with Crippen LogP contribution in [0.15, 0.2) is 29.6 Å². The highest BCUT2D eigenvalue weighted by atomic mass is 32.1. The number of aromatic nitrogens is 1. The Morgan fingerprint density at radius 2 is 1.97 bits per heavy atom. The van der Waals surface area contributed by atoms with Gasteiger partial charge in [0, 0.05) is 23.9 Å². The van der Waals surface area contributed by atoms with Gasteiger partial charge in [-0.1, -0.05) is 38.3 Å². The Morgan fingerprint density at radius 3 is 2.70 bits per heavy atom. The molecule has 1 saturated heterocycles. The van der Waals surface area contributed by atoms with Gasteiger partial charge in [0.2, 0.25) is 17.6 Å². The third-order valence-corrected chi connectivity index (χ3v) is 7.65. The number of ketones is 1. The first-order valence-electron chi connectivity index (χ1n) is 11.9. The second kappa shape index (κ2) is 10.5. The number of nitrogens with one attached hydrogen (secondary N) is 1. The van der Waals surface area contributed by atoms with E-state index < -0.39 is 6.04 Å². The van der Waals surface area contributed by atoms with Gasteiger partial charge in [0.15, 0.2) is 0 Å². The number of benzene rings is 1. The second-order valence-electron chi connectivity index (χ2n) is 8.94. The van der Waals surface area contributed by atoms with Gasteiger partial charge in [-0.25, -0.2) is 4.98 Å². The van der Waals surface area contributed by atoms with Crippen molar-refractivity contribution in [3.63, 3.8) is 0 Å². The van der Waals surface area contributed by atoms with Crippen LogP contribution in [-0.2, 0) is 9.59 Å². The van der Waals surface area contributed by atoms with Gasteiger partial charge >= 0.3 is 0 Å². The Balaban J connectivity index is 1.53. The zero-order chi connectivity index (χ0) is 23.4. The summed E-state index contributed by atoms with van der Waals surface area (Å²) in [5.41, 5.74) is 0.703. The molecule has 0 radical (unpaired) electrons. The number of likely N-dealkylation sites (tertiary alicyclic amines) is 1. The first kappa shape index (κ1) is 23.4. The Bertz CT molecular complexity index is 1010. The number of rotatable bonds is 7. The monoisotopic (exact) mass is 469 g/mol. The Labute approximate surface area is 198 Å². The molecule has 2 amide bonds. The maximum atomic E-state index is 13.7. The highest BCUT2D eigenvalue weighted by Crippen LogP contribution is 2.36. The molecule has 176 valence electrons. The molecule has 1 aromatic carbocycles. The molecule has 2 atom stereocenters. The van der Waals surface area contributed by atoms with Crippen LogP contribution in [0.2, 0.25) is 0 Å². The molecule has 2 fully saturated rings. The van der Waals surface area contributed by atoms with Gasteiger partial charge in [-0.05, 0) is 43.7 Å². The van der Waals surface area contributed by atoms with E-state index in [2.05, 4.69) is 10.3 Å². The van der Waals surface area contributed by atoms with Crippen molar-refractivity contribution in [1.82, 2.24) is 15.2 Å². The summed E-state index contributed by atoms with van der Waals surface area (Å²) in [6, 6.07) is 5.55. The molecular weight excluding hydrogens is 438 g/mol. The fourth-order valence-electron chi connectivity index (χ4n) is 4.93. The van der Waals surface area contributed by atoms with Crippen LogP contribution in [0.4, 0.5) is 0 Å². The SMILES string of the molecule is CCC(=O)N[C@H](C(=O)N1CCCC1c1nc(C(=O)c2cccc(O)c2)cs1)C1CCCCC1. The Hall–Kier alpha value is -2.74. The Morgan fingerprint density at radius 1 is 1.18 bits per heavy atom. The molecule has 1 aromatic heterocycles. The number of carbonyl (C=O) groups is 3. The van der Waals surface area contributed by atoms with E-state index in [1.165, 1.54) is 29.9 Å². The van der Waals surface area contributed by atoms with Crippen LogP contribution in [0.25, 0.3) is 0 Å². The highest BCUT2D eigenvalue weighted by Gasteiger charge is 2.39. The highest BCUT2D eigenvalue weighted by molar-refractivity contribution is 7.10. The zero-order valence-electron chi connectivity index (χ0n) is 19.0. The van der Waals surface area contributed by atoms with E-state index >= 15 is 0 Å². The van der Waals surface area contributed by atoms with Gasteiger partial charge in [0.1, 0.15) is 22.5 Å². The standard InChI is InChI=1S/C25H31N3O4S/c1-2-21(30)27-22(16-8-4-3-5-9-16)25(32)28-13-7-12-20(28)24-26-19(15-33-24)23(31)17-10-6-11-18(29)14-17/h6,10-11,14-16,20,22,29H,2-5,7-9,12-13H2,1H3,(H,27,30)/t20?,22-/m0/s1. The Kier molecular flexibility index (Phi) is 7.42. The first-order chi connectivity index (χ1) is 16.0. The second-order valence-corrected chi connectivity index (χ2v) is 9.83. The van der Waals surface area contributed by atoms with Gasteiger partial charge in [-0.2, -0.15) is 0 Å². The molecule has 0 spiro atoms. The van der Waals surface area contributed by atoms with Crippen molar-refractivity contribution in [2.75, 3.05) is 6.54 Å². The molecule has 2 aromatic rings. The minimum absolute atomic E-state index is 0.0257. The van der Waals surface area contributed by atoms with E-state index in [1.807, 2.05) is 4.90 Å². The van der Waals surface area contributed by atoms with E-state index in [0.717, 1.165) is 43.5 Å². The van der Waals surface area contributed by atoms with Crippen LogP contribution >= 0.6 is 11.3 Å². The number of amides is 2. The molecule has 2 N–H and O–H groups in total. The molecule has 1 saturated carbocycles. The van der Waals surface area contributed by atoms with E-state index in [-0.39, 0.29) is 35.3 Å². The molecule has 8 heteroatoms. The summed E-state index contributed by atoms with van der Waals surface area (Å²) in [5, 5.41) is 15.2. The minimum atomic E-state index is -0.494. The quantitative estimate of drug-likeness (QED) is 0.592. The van der Waals surface area contributed by atoms with Crippen LogP contribution in [0, 0.1) is 5.92 Å². The van der Waals surface area contributed by atoms with Gasteiger partial charge < -0.3 is 15.3 Å². The number of aromatic hydroxyl groups is 1. The number of phenols is 1. The van der Waals surface area contributed by atoms with Crippen molar-refractivity contribution in [2.24, 2.45) is 5.92 Å². The predicted octanol–water partition coefficient (Wildman–Crippen LogP) is 4.22. The lowest BCUT2D eigenvalue weighted by Gasteiger charge is -2.34. The predicted molar refractivity (Wildman–Crippen MR) is 126 cm³/mol. The summed E-state index contributed by atoms with van der Waals surface area (Å²) in [5.74, 6) is -0.168. The summed E-state index contributed by atoms with van der Waals surface area (Å²) < 4.78 is 0. The van der Waals surface area contributed by atoms with Crippen LogP contribution < -0.4 is 5.32 Å². The molecule has 1 aliphatic heterocycles. The van der Waals surface area contributed by atoms with Crippen molar-refractivity contribution in [3.8, 4) is 5.75 Å². The van der Waals surface area contributed by atoms with E-state index in [4.69, 9.17) is 0 Å². The fourth-order valence-corrected chi connectivity index (χ4v) is 5.88. The summed E-state index contributed by atoms with van der Waals surface area (Å²) in [4.78, 5) is 45.2. The summed E-state index contributed by atoms with van der Waals surface area (Å²) >= 11 is 1.39. The van der Waals surface area contributed by atoms with Gasteiger partial charge in [0.25, 0.3) is 0 Å². The maximum Gasteiger partial charge on any atom is 0.246 e. The lowest BCUT2D eigenvalue weighted by atomic mass is 9.83. The molecule has 2 aliphatic rings. The van der Waals surface area contributed by atoms with Crippen molar-refractivity contribution >= 4 is 28.9 Å². The molecule has 1 aliphatic carbocycles. The van der Waals surface area contributed by atoms with Gasteiger partial charge in [-0.3, -0.25) is 14.4 Å². The van der Waals surface area contributed by atoms with Gasteiger partial charge in [0.05, 0.1) is 6.04 Å². The third-order valence-electron chi connectivity index (χ3n) is 6.71. The van der Waals surface area contributed by atoms with Crippen molar-refractivity contribution in [2.45, 2.75) is 70.4 Å². The van der Waals surface area contributed by atoms with E-state index in [1.54, 1.807) is 24.4 Å². The zero-order valence-corrected chi connectivity index (χ0v) is 19.8. The van der Waals surface area contributed by atoms with E-state index in [9.17, 15) is 19.5 Å². The largest absolute Gasteiger partial charge is 0.508 e. The van der Waals surface area contributed by atoms with Crippen LogP contribution in [-0.4, -0.2) is 45.2 Å². The average Bonchev–Trinajstić information content (AvgIpc) is 3.52. The molecule has 2 heterocycles. The summed E-state index contributed by atoms with van der Waals surface area (Å²) in [7, 11) is 0. The van der Waals surface area contributed by atoms with Crippen molar-refractivity contribution < 1.29 is 19.5 Å². The first-order valence-corrected chi connectivity index (χ1v) is 12.7. The molecule has 0 bridgehead atoms. The third kappa shape index (κ3) is 5.27. The van der Waals surface area contributed by atoms with Crippen LogP contribution in [0.5, 0.6) is 5.75 Å². The number of carbonyl (C=O) groups excluding carboxylic acids is 3. The number of phenolic OH excluding ortho intramolecular Hbond substituents is 1. The molecular formula is C25H31N3O4S. The number of hydrogen-bond donors (Lipinski definition) is 2.